The molecule has 98 valence electrons. The van der Waals surface area contributed by atoms with Gasteiger partial charge >= 0.3 is 0 Å². The molecule has 0 saturated carbocycles. The van der Waals surface area contributed by atoms with E-state index in [4.69, 9.17) is 0 Å². The van der Waals surface area contributed by atoms with Crippen LogP contribution in [0.15, 0.2) is 30.3 Å². The maximum absolute atomic E-state index is 9.77. The van der Waals surface area contributed by atoms with Gasteiger partial charge < -0.3 is 17.5 Å². The second-order valence-electron chi connectivity index (χ2n) is 4.54. The van der Waals surface area contributed by atoms with E-state index in [1.165, 1.54) is 31.4 Å². The number of unbranched alkanes of at least 4 members (excludes halogenated alkanes) is 3. The van der Waals surface area contributed by atoms with Crippen LogP contribution in [0.4, 0.5) is 0 Å². The first-order valence-corrected chi connectivity index (χ1v) is 6.44. The fourth-order valence-electron chi connectivity index (χ4n) is 2.11. The molecule has 1 heterocycles. The lowest BCUT2D eigenvalue weighted by Crippen LogP contribution is -3.00. The van der Waals surface area contributed by atoms with E-state index in [0.717, 1.165) is 17.3 Å². The van der Waals surface area contributed by atoms with Crippen molar-refractivity contribution in [2.45, 2.75) is 39.0 Å². The lowest BCUT2D eigenvalue weighted by molar-refractivity contribution is -0.358. The van der Waals surface area contributed by atoms with Crippen molar-refractivity contribution in [1.82, 2.24) is 0 Å². The van der Waals surface area contributed by atoms with Crippen molar-refractivity contribution in [3.63, 3.8) is 0 Å². The maximum atomic E-state index is 9.77. The lowest BCUT2D eigenvalue weighted by Gasteiger charge is -1.99. The molecule has 0 amide bonds. The summed E-state index contributed by atoms with van der Waals surface area (Å²) >= 11 is 0. The van der Waals surface area contributed by atoms with Crippen LogP contribution in [0.1, 0.15) is 38.3 Å². The van der Waals surface area contributed by atoms with E-state index in [0.29, 0.717) is 5.75 Å². The minimum atomic E-state index is 0. The number of halogens is 1. The smallest absolute Gasteiger partial charge is 0.253 e. The van der Waals surface area contributed by atoms with Crippen molar-refractivity contribution in [3.05, 3.63) is 36.0 Å². The highest BCUT2D eigenvalue weighted by molar-refractivity contribution is 5.80. The Morgan fingerprint density at radius 2 is 1.89 bits per heavy atom. The van der Waals surface area contributed by atoms with Gasteiger partial charge in [0.2, 0.25) is 0 Å². The standard InChI is InChI=1S/C15H19NO.ClH/c1-2-3-4-5-8-13-11-10-12-7-6-9-14(17)15(12)16-13;/h6-7,9-11,17H,2-5,8H2,1H3;1H. The Morgan fingerprint density at radius 1 is 1.06 bits per heavy atom. The number of hydrogen-bond acceptors (Lipinski definition) is 1. The van der Waals surface area contributed by atoms with Gasteiger partial charge in [0, 0.05) is 12.5 Å². The highest BCUT2D eigenvalue weighted by atomic mass is 35.5. The fraction of sp³-hybridized carbons (Fsp3) is 0.400. The predicted octanol–water partition coefficient (Wildman–Crippen LogP) is 0.486. The van der Waals surface area contributed by atoms with Crippen LogP contribution in [-0.2, 0) is 6.42 Å². The number of aromatic amines is 1. The molecule has 0 bridgehead atoms. The summed E-state index contributed by atoms with van der Waals surface area (Å²) in [6.07, 6.45) is 6.12. The van der Waals surface area contributed by atoms with Crippen LogP contribution in [0.25, 0.3) is 10.9 Å². The first kappa shape index (κ1) is 14.8. The number of aromatic nitrogens is 1. The van der Waals surface area contributed by atoms with E-state index in [-0.39, 0.29) is 12.4 Å². The number of aromatic hydroxyl groups is 1. The molecule has 2 N–H and O–H groups in total. The Bertz CT molecular complexity index is 499. The van der Waals surface area contributed by atoms with Gasteiger partial charge in [-0.1, -0.05) is 32.3 Å². The minimum absolute atomic E-state index is 0. The van der Waals surface area contributed by atoms with Gasteiger partial charge in [-0.05, 0) is 24.6 Å². The third kappa shape index (κ3) is 3.61. The summed E-state index contributed by atoms with van der Waals surface area (Å²) in [6, 6.07) is 9.78. The van der Waals surface area contributed by atoms with Gasteiger partial charge in [-0.3, -0.25) is 0 Å². The van der Waals surface area contributed by atoms with Crippen molar-refractivity contribution in [2.75, 3.05) is 0 Å². The number of para-hydroxylation sites is 1. The van der Waals surface area contributed by atoms with Gasteiger partial charge in [0.05, 0.1) is 5.39 Å². The maximum Gasteiger partial charge on any atom is 0.253 e. The Kier molecular flexibility index (Phi) is 5.93. The molecule has 1 aromatic heterocycles. The number of nitrogens with one attached hydrogen (secondary N) is 1. The number of aryl methyl sites for hydroxylation is 1. The molecular weight excluding hydrogens is 246 g/mol. The molecule has 0 unspecified atom stereocenters. The van der Waals surface area contributed by atoms with E-state index in [1.54, 1.807) is 6.07 Å². The van der Waals surface area contributed by atoms with E-state index in [1.807, 2.05) is 12.1 Å². The zero-order valence-corrected chi connectivity index (χ0v) is 11.5. The molecule has 0 radical (unpaired) electrons. The number of benzene rings is 1. The van der Waals surface area contributed by atoms with Gasteiger partial charge in [0.15, 0.2) is 11.4 Å². The number of H-pyrrole nitrogens is 1. The van der Waals surface area contributed by atoms with Gasteiger partial charge in [-0.15, -0.1) is 0 Å². The minimum Gasteiger partial charge on any atom is -1.00 e. The summed E-state index contributed by atoms with van der Waals surface area (Å²) in [5.41, 5.74) is 2.05. The number of hydrogen-bond donors (Lipinski definition) is 1. The van der Waals surface area contributed by atoms with Crippen LogP contribution in [-0.4, -0.2) is 5.11 Å². The Labute approximate surface area is 114 Å². The molecule has 0 atom stereocenters. The zero-order valence-electron chi connectivity index (χ0n) is 10.7. The SMILES string of the molecule is CCCCCCc1ccc2cccc(O)c2[nH+]1.[Cl-]. The number of fused-ring (bicyclic) bond motifs is 1. The predicted molar refractivity (Wildman–Crippen MR) is 70.0 cm³/mol. The van der Waals surface area contributed by atoms with Crippen LogP contribution in [0.2, 0.25) is 0 Å². The number of phenols is 1. The van der Waals surface area contributed by atoms with Crippen LogP contribution in [0.5, 0.6) is 5.75 Å². The summed E-state index contributed by atoms with van der Waals surface area (Å²) in [5.74, 6) is 0.331. The summed E-state index contributed by atoms with van der Waals surface area (Å²) in [4.78, 5) is 3.32. The van der Waals surface area contributed by atoms with Crippen molar-refractivity contribution in [2.24, 2.45) is 0 Å². The molecule has 0 aliphatic rings. The quantitative estimate of drug-likeness (QED) is 0.785. The molecule has 0 aliphatic heterocycles. The van der Waals surface area contributed by atoms with Crippen molar-refractivity contribution in [3.8, 4) is 5.75 Å². The fourth-order valence-corrected chi connectivity index (χ4v) is 2.11. The highest BCUT2D eigenvalue weighted by Gasteiger charge is 2.08. The van der Waals surface area contributed by atoms with Crippen molar-refractivity contribution >= 4 is 10.9 Å². The largest absolute Gasteiger partial charge is 1.00 e. The molecule has 18 heavy (non-hydrogen) atoms. The molecule has 2 aromatic rings. The molecule has 0 spiro atoms. The molecule has 1 aromatic carbocycles. The summed E-state index contributed by atoms with van der Waals surface area (Å²) in [7, 11) is 0. The van der Waals surface area contributed by atoms with Crippen LogP contribution in [0, 0.1) is 0 Å². The monoisotopic (exact) mass is 265 g/mol. The van der Waals surface area contributed by atoms with Gasteiger partial charge in [-0.25, -0.2) is 4.98 Å². The number of pyridine rings is 1. The zero-order chi connectivity index (χ0) is 12.1. The van der Waals surface area contributed by atoms with Gasteiger partial charge in [-0.2, -0.15) is 0 Å². The van der Waals surface area contributed by atoms with E-state index in [2.05, 4.69) is 24.0 Å². The third-order valence-corrected chi connectivity index (χ3v) is 3.12. The normalized spacial score (nSPS) is 10.3. The third-order valence-electron chi connectivity index (χ3n) is 3.12. The molecule has 0 saturated heterocycles. The molecule has 0 aliphatic carbocycles. The second-order valence-corrected chi connectivity index (χ2v) is 4.54. The van der Waals surface area contributed by atoms with Gasteiger partial charge in [0.25, 0.3) is 5.52 Å². The highest BCUT2D eigenvalue weighted by Crippen LogP contribution is 2.19. The van der Waals surface area contributed by atoms with E-state index >= 15 is 0 Å². The average molecular weight is 266 g/mol. The molecule has 2 rings (SSSR count). The first-order valence-electron chi connectivity index (χ1n) is 6.44. The second kappa shape index (κ2) is 7.22. The lowest BCUT2D eigenvalue weighted by atomic mass is 10.1. The number of phenolic OH excluding ortho intramolecular Hbond substituents is 1. The molecular formula is C15H20ClNO. The van der Waals surface area contributed by atoms with Crippen molar-refractivity contribution < 1.29 is 22.5 Å². The Morgan fingerprint density at radius 3 is 2.67 bits per heavy atom. The molecule has 2 nitrogen and oxygen atoms in total. The first-order chi connectivity index (χ1) is 8.31. The Hall–Kier alpha value is -1.28. The average Bonchev–Trinajstić information content (AvgIpc) is 2.36. The summed E-state index contributed by atoms with van der Waals surface area (Å²) in [6.45, 7) is 2.22. The van der Waals surface area contributed by atoms with Crippen LogP contribution >= 0.6 is 0 Å². The topological polar surface area (TPSA) is 34.4 Å². The summed E-state index contributed by atoms with van der Waals surface area (Å²) in [5, 5.41) is 10.8. The van der Waals surface area contributed by atoms with E-state index in [9.17, 15) is 5.11 Å². The van der Waals surface area contributed by atoms with E-state index < -0.39 is 0 Å². The van der Waals surface area contributed by atoms with Crippen LogP contribution < -0.4 is 17.4 Å². The van der Waals surface area contributed by atoms with Gasteiger partial charge in [0.1, 0.15) is 0 Å². The summed E-state index contributed by atoms with van der Waals surface area (Å²) < 4.78 is 0. The van der Waals surface area contributed by atoms with Crippen LogP contribution in [0.3, 0.4) is 0 Å². The number of rotatable bonds is 5. The Balaban J connectivity index is 0.00000162. The van der Waals surface area contributed by atoms with Crippen molar-refractivity contribution in [1.29, 1.82) is 0 Å². The molecule has 0 fully saturated rings. The molecule has 3 heteroatoms.